The number of nitrogens with zero attached hydrogens (tertiary/aromatic N) is 1. The Labute approximate surface area is 105 Å². The molecule has 0 radical (unpaired) electrons. The summed E-state index contributed by atoms with van der Waals surface area (Å²) >= 11 is 0. The van der Waals surface area contributed by atoms with Gasteiger partial charge in [0.25, 0.3) is 0 Å². The largest absolute Gasteiger partial charge is 0.481 e. The van der Waals surface area contributed by atoms with E-state index in [0.29, 0.717) is 13.1 Å². The predicted octanol–water partition coefficient (Wildman–Crippen LogP) is 2.76. The molecule has 0 aromatic heterocycles. The monoisotopic (exact) mass is 267 g/mol. The van der Waals surface area contributed by atoms with Crippen LogP contribution in [0.2, 0.25) is 0 Å². The highest BCUT2D eigenvalue weighted by Crippen LogP contribution is 2.35. The highest BCUT2D eigenvalue weighted by Gasteiger charge is 2.46. The fraction of sp³-hybridized carbons (Fsp3) is 0.917. The molecule has 1 saturated heterocycles. The van der Waals surface area contributed by atoms with Crippen LogP contribution in [0.1, 0.15) is 33.1 Å². The Morgan fingerprint density at radius 2 is 1.89 bits per heavy atom. The minimum absolute atomic E-state index is 0.188. The van der Waals surface area contributed by atoms with Crippen LogP contribution in [0.4, 0.5) is 13.2 Å². The second kappa shape index (κ2) is 5.47. The van der Waals surface area contributed by atoms with Crippen LogP contribution in [0, 0.1) is 11.3 Å². The molecule has 0 aromatic carbocycles. The Bertz CT molecular complexity index is 296. The number of aliphatic carboxylic acids is 1. The number of piperidine rings is 1. The molecule has 1 fully saturated rings. The van der Waals surface area contributed by atoms with E-state index in [1.54, 1.807) is 4.90 Å². The molecule has 18 heavy (non-hydrogen) atoms. The molecule has 0 aromatic rings. The standard InChI is InChI=1S/C12H20F3NO2/c1-3-11(2)4-6-16(7-5-11)8-9(10(17)18)12(13,14)15/h9H,3-8H2,1-2H3,(H,17,18). The van der Waals surface area contributed by atoms with Gasteiger partial charge in [0, 0.05) is 6.54 Å². The fourth-order valence-electron chi connectivity index (χ4n) is 2.21. The molecule has 1 unspecified atom stereocenters. The maximum atomic E-state index is 12.5. The number of carboxylic acids is 1. The number of alkyl halides is 3. The van der Waals surface area contributed by atoms with Gasteiger partial charge in [-0.25, -0.2) is 0 Å². The van der Waals surface area contributed by atoms with Gasteiger partial charge in [0.05, 0.1) is 0 Å². The van der Waals surface area contributed by atoms with E-state index in [1.807, 2.05) is 0 Å². The summed E-state index contributed by atoms with van der Waals surface area (Å²) < 4.78 is 37.6. The minimum Gasteiger partial charge on any atom is -0.481 e. The zero-order valence-corrected chi connectivity index (χ0v) is 10.8. The summed E-state index contributed by atoms with van der Waals surface area (Å²) in [6.07, 6.45) is -2.01. The quantitative estimate of drug-likeness (QED) is 0.851. The Morgan fingerprint density at radius 3 is 2.22 bits per heavy atom. The highest BCUT2D eigenvalue weighted by atomic mass is 19.4. The average Bonchev–Trinajstić information content (AvgIpc) is 2.26. The first-order valence-corrected chi connectivity index (χ1v) is 6.20. The predicted molar refractivity (Wildman–Crippen MR) is 61.3 cm³/mol. The van der Waals surface area contributed by atoms with Crippen molar-refractivity contribution in [3.63, 3.8) is 0 Å². The third kappa shape index (κ3) is 3.86. The molecule has 0 spiro atoms. The third-order valence-electron chi connectivity index (χ3n) is 4.05. The lowest BCUT2D eigenvalue weighted by atomic mass is 9.78. The van der Waals surface area contributed by atoms with Crippen molar-refractivity contribution in [2.45, 2.75) is 39.3 Å². The van der Waals surface area contributed by atoms with E-state index in [0.717, 1.165) is 19.3 Å². The van der Waals surface area contributed by atoms with E-state index in [4.69, 9.17) is 5.11 Å². The van der Waals surface area contributed by atoms with Crippen LogP contribution < -0.4 is 0 Å². The molecule has 3 nitrogen and oxygen atoms in total. The second-order valence-corrected chi connectivity index (χ2v) is 5.40. The molecule has 0 aliphatic carbocycles. The van der Waals surface area contributed by atoms with Gasteiger partial charge in [-0.2, -0.15) is 13.2 Å². The second-order valence-electron chi connectivity index (χ2n) is 5.40. The first-order chi connectivity index (χ1) is 8.18. The van der Waals surface area contributed by atoms with Crippen molar-refractivity contribution in [1.29, 1.82) is 0 Å². The Balaban J connectivity index is 2.56. The van der Waals surface area contributed by atoms with Gasteiger partial charge in [0.2, 0.25) is 0 Å². The van der Waals surface area contributed by atoms with Gasteiger partial charge in [-0.1, -0.05) is 20.3 Å². The first-order valence-electron chi connectivity index (χ1n) is 6.20. The van der Waals surface area contributed by atoms with Crippen LogP contribution in [0.3, 0.4) is 0 Å². The molecule has 0 amide bonds. The molecule has 1 aliphatic heterocycles. The van der Waals surface area contributed by atoms with E-state index in [-0.39, 0.29) is 5.41 Å². The zero-order chi connectivity index (χ0) is 14.0. The molecular formula is C12H20F3NO2. The van der Waals surface area contributed by atoms with Crippen molar-refractivity contribution >= 4 is 5.97 Å². The van der Waals surface area contributed by atoms with Crippen molar-refractivity contribution in [2.24, 2.45) is 11.3 Å². The van der Waals surface area contributed by atoms with E-state index < -0.39 is 24.6 Å². The van der Waals surface area contributed by atoms with Crippen LogP contribution in [-0.2, 0) is 4.79 Å². The summed E-state index contributed by atoms with van der Waals surface area (Å²) in [5, 5.41) is 8.64. The number of rotatable bonds is 4. The molecule has 106 valence electrons. The minimum atomic E-state index is -4.67. The maximum Gasteiger partial charge on any atom is 0.403 e. The van der Waals surface area contributed by atoms with Gasteiger partial charge in [-0.05, 0) is 31.3 Å². The van der Waals surface area contributed by atoms with Crippen molar-refractivity contribution in [3.05, 3.63) is 0 Å². The molecular weight excluding hydrogens is 247 g/mol. The molecule has 1 atom stereocenters. The van der Waals surface area contributed by atoms with Gasteiger partial charge in [0.1, 0.15) is 0 Å². The average molecular weight is 267 g/mol. The lowest BCUT2D eigenvalue weighted by Gasteiger charge is -2.39. The van der Waals surface area contributed by atoms with Crippen LogP contribution in [0.25, 0.3) is 0 Å². The van der Waals surface area contributed by atoms with Gasteiger partial charge in [-0.3, -0.25) is 4.79 Å². The summed E-state index contributed by atoms with van der Waals surface area (Å²) in [4.78, 5) is 12.3. The molecule has 6 heteroatoms. The summed E-state index contributed by atoms with van der Waals surface area (Å²) in [5.41, 5.74) is 0.188. The molecule has 1 N–H and O–H groups in total. The topological polar surface area (TPSA) is 40.5 Å². The molecule has 0 bridgehead atoms. The number of carboxylic acid groups (broad SMARTS) is 1. The lowest BCUT2D eigenvalue weighted by molar-refractivity contribution is -0.197. The van der Waals surface area contributed by atoms with Gasteiger partial charge >= 0.3 is 12.1 Å². The summed E-state index contributed by atoms with van der Waals surface area (Å²) in [6.45, 7) is 4.86. The lowest BCUT2D eigenvalue weighted by Crippen LogP contribution is -2.46. The Morgan fingerprint density at radius 1 is 1.39 bits per heavy atom. The normalized spacial score (nSPS) is 22.7. The van der Waals surface area contributed by atoms with Crippen LogP contribution in [0.5, 0.6) is 0 Å². The van der Waals surface area contributed by atoms with Crippen molar-refractivity contribution in [1.82, 2.24) is 4.90 Å². The summed E-state index contributed by atoms with van der Waals surface area (Å²) in [6, 6.07) is 0. The van der Waals surface area contributed by atoms with Crippen molar-refractivity contribution in [2.75, 3.05) is 19.6 Å². The van der Waals surface area contributed by atoms with Crippen molar-refractivity contribution in [3.8, 4) is 0 Å². The first kappa shape index (κ1) is 15.3. The summed E-state index contributed by atoms with van der Waals surface area (Å²) in [7, 11) is 0. The van der Waals surface area contributed by atoms with Crippen LogP contribution >= 0.6 is 0 Å². The number of likely N-dealkylation sites (tertiary alicyclic amines) is 1. The van der Waals surface area contributed by atoms with Gasteiger partial charge < -0.3 is 10.0 Å². The molecule has 1 rings (SSSR count). The maximum absolute atomic E-state index is 12.5. The fourth-order valence-corrected chi connectivity index (χ4v) is 2.21. The highest BCUT2D eigenvalue weighted by molar-refractivity contribution is 5.71. The smallest absolute Gasteiger partial charge is 0.403 e. The van der Waals surface area contributed by atoms with Crippen molar-refractivity contribution < 1.29 is 23.1 Å². The SMILES string of the molecule is CCC1(C)CCN(CC(C(=O)O)C(F)(F)F)CC1. The number of hydrogen-bond acceptors (Lipinski definition) is 2. The molecule has 1 heterocycles. The zero-order valence-electron chi connectivity index (χ0n) is 10.8. The number of carbonyl (C=O) groups is 1. The van der Waals surface area contributed by atoms with E-state index >= 15 is 0 Å². The van der Waals surface area contributed by atoms with Gasteiger partial charge in [-0.15, -0.1) is 0 Å². The van der Waals surface area contributed by atoms with Gasteiger partial charge in [0.15, 0.2) is 5.92 Å². The molecule has 1 aliphatic rings. The van der Waals surface area contributed by atoms with E-state index in [1.165, 1.54) is 0 Å². The van der Waals surface area contributed by atoms with Crippen LogP contribution in [0.15, 0.2) is 0 Å². The number of hydrogen-bond donors (Lipinski definition) is 1. The summed E-state index contributed by atoms with van der Waals surface area (Å²) in [5.74, 6) is -4.06. The third-order valence-corrected chi connectivity index (χ3v) is 4.05. The van der Waals surface area contributed by atoms with E-state index in [9.17, 15) is 18.0 Å². The Kier molecular flexibility index (Phi) is 4.64. The van der Waals surface area contributed by atoms with E-state index in [2.05, 4.69) is 13.8 Å². The molecule has 0 saturated carbocycles. The van der Waals surface area contributed by atoms with Crippen LogP contribution in [-0.4, -0.2) is 41.8 Å². The Hall–Kier alpha value is -0.780. The number of halogens is 3.